The molecule has 1 aliphatic rings. The lowest BCUT2D eigenvalue weighted by Gasteiger charge is -2.23. The predicted molar refractivity (Wildman–Crippen MR) is 87.7 cm³/mol. The summed E-state index contributed by atoms with van der Waals surface area (Å²) in [4.78, 5) is 14.0. The second kappa shape index (κ2) is 7.61. The second-order valence-corrected chi connectivity index (χ2v) is 5.77. The molecule has 2 aromatic heterocycles. The van der Waals surface area contributed by atoms with Crippen molar-refractivity contribution in [3.63, 3.8) is 0 Å². The maximum atomic E-state index is 12.4. The summed E-state index contributed by atoms with van der Waals surface area (Å²) in [6.45, 7) is 4.21. The lowest BCUT2D eigenvalue weighted by atomic mass is 10.1. The van der Waals surface area contributed by atoms with Crippen molar-refractivity contribution >= 4 is 18.3 Å². The van der Waals surface area contributed by atoms with Crippen molar-refractivity contribution in [2.24, 2.45) is 0 Å². The molecular weight excluding hydrogens is 318 g/mol. The topological polar surface area (TPSA) is 76.2 Å². The van der Waals surface area contributed by atoms with E-state index in [4.69, 9.17) is 4.52 Å². The Bertz CT molecular complexity index is 648. The lowest BCUT2D eigenvalue weighted by Crippen LogP contribution is -2.32. The zero-order chi connectivity index (χ0) is 15.5. The van der Waals surface area contributed by atoms with E-state index in [0.29, 0.717) is 18.3 Å². The Morgan fingerprint density at radius 3 is 3.04 bits per heavy atom. The number of amides is 1. The molecule has 3 heterocycles. The normalized spacial score (nSPS) is 17.6. The highest BCUT2D eigenvalue weighted by atomic mass is 35.5. The van der Waals surface area contributed by atoms with Gasteiger partial charge in [-0.2, -0.15) is 5.10 Å². The van der Waals surface area contributed by atoms with E-state index in [9.17, 15) is 4.79 Å². The molecule has 1 amide bonds. The third-order valence-electron chi connectivity index (χ3n) is 3.90. The van der Waals surface area contributed by atoms with E-state index < -0.39 is 0 Å². The Balaban J connectivity index is 0.00000192. The molecule has 0 aromatic carbocycles. The first-order valence-corrected chi connectivity index (χ1v) is 7.57. The second-order valence-electron chi connectivity index (χ2n) is 5.77. The van der Waals surface area contributed by atoms with Gasteiger partial charge in [0.2, 0.25) is 0 Å². The molecular formula is C15H22ClN5O2. The van der Waals surface area contributed by atoms with Crippen LogP contribution >= 0.6 is 12.4 Å². The molecule has 0 bridgehead atoms. The Morgan fingerprint density at radius 1 is 1.57 bits per heavy atom. The number of piperidine rings is 1. The van der Waals surface area contributed by atoms with Gasteiger partial charge in [0.05, 0.1) is 12.6 Å². The first kappa shape index (κ1) is 17.5. The number of nitrogens with zero attached hydrogens (tertiary/aromatic N) is 4. The van der Waals surface area contributed by atoms with Gasteiger partial charge in [0.1, 0.15) is 17.1 Å². The predicted octanol–water partition coefficient (Wildman–Crippen LogP) is 1.80. The van der Waals surface area contributed by atoms with E-state index in [2.05, 4.69) is 15.6 Å². The molecule has 0 radical (unpaired) electrons. The van der Waals surface area contributed by atoms with Crippen molar-refractivity contribution in [1.29, 1.82) is 0 Å². The van der Waals surface area contributed by atoms with Crippen LogP contribution in [0.5, 0.6) is 0 Å². The highest BCUT2D eigenvalue weighted by molar-refractivity contribution is 5.91. The van der Waals surface area contributed by atoms with Gasteiger partial charge in [-0.15, -0.1) is 12.4 Å². The standard InChI is InChI=1S/C15H21N5O2.ClH/c1-11-8-12(18-22-11)10-19(2)15(21)14-5-7-20(17-14)13-4-3-6-16-9-13;/h5,7-8,13,16H,3-4,6,9-10H2,1-2H3;1H. The average molecular weight is 340 g/mol. The van der Waals surface area contributed by atoms with Gasteiger partial charge in [-0.05, 0) is 32.4 Å². The Morgan fingerprint density at radius 2 is 2.39 bits per heavy atom. The first-order chi connectivity index (χ1) is 10.6. The fourth-order valence-corrected chi connectivity index (χ4v) is 2.72. The molecule has 1 saturated heterocycles. The quantitative estimate of drug-likeness (QED) is 0.919. The molecule has 3 rings (SSSR count). The van der Waals surface area contributed by atoms with Crippen molar-refractivity contribution in [2.75, 3.05) is 20.1 Å². The SMILES string of the molecule is Cc1cc(CN(C)C(=O)c2ccn(C3CCCNC3)n2)no1.Cl. The van der Waals surface area contributed by atoms with E-state index in [1.165, 1.54) is 0 Å². The van der Waals surface area contributed by atoms with Crippen LogP contribution in [-0.4, -0.2) is 45.9 Å². The summed E-state index contributed by atoms with van der Waals surface area (Å²) in [6, 6.07) is 3.94. The maximum absolute atomic E-state index is 12.4. The van der Waals surface area contributed by atoms with Gasteiger partial charge in [0.25, 0.3) is 5.91 Å². The first-order valence-electron chi connectivity index (χ1n) is 7.57. The largest absolute Gasteiger partial charge is 0.361 e. The van der Waals surface area contributed by atoms with E-state index in [1.807, 2.05) is 23.9 Å². The van der Waals surface area contributed by atoms with E-state index in [-0.39, 0.29) is 18.3 Å². The average Bonchev–Trinajstić information content (AvgIpc) is 3.17. The molecule has 1 atom stereocenters. The van der Waals surface area contributed by atoms with Crippen molar-refractivity contribution in [2.45, 2.75) is 32.4 Å². The summed E-state index contributed by atoms with van der Waals surface area (Å²) < 4.78 is 6.92. The van der Waals surface area contributed by atoms with Crippen LogP contribution in [-0.2, 0) is 6.54 Å². The Labute approximate surface area is 141 Å². The number of hydrogen-bond donors (Lipinski definition) is 1. The molecule has 126 valence electrons. The third-order valence-corrected chi connectivity index (χ3v) is 3.90. The number of carbonyl (C=O) groups is 1. The van der Waals surface area contributed by atoms with Crippen LogP contribution in [0.15, 0.2) is 22.9 Å². The lowest BCUT2D eigenvalue weighted by molar-refractivity contribution is 0.0775. The smallest absolute Gasteiger partial charge is 0.274 e. The monoisotopic (exact) mass is 339 g/mol. The summed E-state index contributed by atoms with van der Waals surface area (Å²) in [6.07, 6.45) is 4.12. The number of carbonyl (C=O) groups excluding carboxylic acids is 1. The van der Waals surface area contributed by atoms with E-state index in [1.54, 1.807) is 18.0 Å². The molecule has 1 fully saturated rings. The number of aryl methyl sites for hydroxylation is 1. The fourth-order valence-electron chi connectivity index (χ4n) is 2.72. The molecule has 8 heteroatoms. The van der Waals surface area contributed by atoms with E-state index >= 15 is 0 Å². The number of nitrogens with one attached hydrogen (secondary N) is 1. The van der Waals surface area contributed by atoms with Crippen molar-refractivity contribution in [3.05, 3.63) is 35.5 Å². The number of aromatic nitrogens is 3. The van der Waals surface area contributed by atoms with Crippen LogP contribution in [0.3, 0.4) is 0 Å². The summed E-state index contributed by atoms with van der Waals surface area (Å²) in [5.74, 6) is 0.632. The highest BCUT2D eigenvalue weighted by Gasteiger charge is 2.20. The summed E-state index contributed by atoms with van der Waals surface area (Å²) in [5.41, 5.74) is 1.21. The van der Waals surface area contributed by atoms with Crippen LogP contribution in [0.2, 0.25) is 0 Å². The van der Waals surface area contributed by atoms with Gasteiger partial charge in [0.15, 0.2) is 0 Å². The molecule has 0 aliphatic carbocycles. The van der Waals surface area contributed by atoms with Crippen molar-refractivity contribution in [1.82, 2.24) is 25.2 Å². The number of hydrogen-bond acceptors (Lipinski definition) is 5. The molecule has 1 unspecified atom stereocenters. The van der Waals surface area contributed by atoms with Crippen LogP contribution in [0.25, 0.3) is 0 Å². The molecule has 1 aliphatic heterocycles. The molecule has 1 N–H and O–H groups in total. The van der Waals surface area contributed by atoms with Gasteiger partial charge < -0.3 is 14.7 Å². The van der Waals surface area contributed by atoms with Crippen LogP contribution in [0.4, 0.5) is 0 Å². The maximum Gasteiger partial charge on any atom is 0.274 e. The summed E-state index contributed by atoms with van der Waals surface area (Å²) >= 11 is 0. The van der Waals surface area contributed by atoms with Gasteiger partial charge in [-0.3, -0.25) is 9.48 Å². The van der Waals surface area contributed by atoms with Crippen molar-refractivity contribution in [3.8, 4) is 0 Å². The molecule has 0 spiro atoms. The Kier molecular flexibility index (Phi) is 5.79. The highest BCUT2D eigenvalue weighted by Crippen LogP contribution is 2.16. The minimum atomic E-state index is -0.108. The number of rotatable bonds is 4. The minimum absolute atomic E-state index is 0. The molecule has 2 aromatic rings. The summed E-state index contributed by atoms with van der Waals surface area (Å²) in [5, 5.41) is 11.7. The fraction of sp³-hybridized carbons (Fsp3) is 0.533. The van der Waals surface area contributed by atoms with E-state index in [0.717, 1.165) is 37.4 Å². The van der Waals surface area contributed by atoms with Gasteiger partial charge in [-0.1, -0.05) is 5.16 Å². The van der Waals surface area contributed by atoms with Crippen LogP contribution < -0.4 is 5.32 Å². The van der Waals surface area contributed by atoms with Gasteiger partial charge >= 0.3 is 0 Å². The molecule has 0 saturated carbocycles. The zero-order valence-corrected chi connectivity index (χ0v) is 14.2. The zero-order valence-electron chi connectivity index (χ0n) is 13.4. The molecule has 7 nitrogen and oxygen atoms in total. The number of halogens is 1. The van der Waals surface area contributed by atoms with Crippen molar-refractivity contribution < 1.29 is 9.32 Å². The molecule has 23 heavy (non-hydrogen) atoms. The summed E-state index contributed by atoms with van der Waals surface area (Å²) in [7, 11) is 1.74. The third kappa shape index (κ3) is 4.11. The van der Waals surface area contributed by atoms with Crippen LogP contribution in [0, 0.1) is 6.92 Å². The van der Waals surface area contributed by atoms with Crippen LogP contribution in [0.1, 0.15) is 40.8 Å². The van der Waals surface area contributed by atoms with Gasteiger partial charge in [-0.25, -0.2) is 0 Å². The Hall–Kier alpha value is -1.86. The van der Waals surface area contributed by atoms with Gasteiger partial charge in [0, 0.05) is 25.9 Å². The minimum Gasteiger partial charge on any atom is -0.361 e.